The molecule has 2 rings (SSSR count). The van der Waals surface area contributed by atoms with E-state index in [0.29, 0.717) is 0 Å². The molecule has 2 N–H and O–H groups in total. The third kappa shape index (κ3) is 1.02. The maximum atomic E-state index is 11.3. The minimum atomic E-state index is -0.503. The first-order valence-corrected chi connectivity index (χ1v) is 3.86. The summed E-state index contributed by atoms with van der Waals surface area (Å²) in [7, 11) is 2.94. The molecule has 0 fully saturated rings. The second-order valence-electron chi connectivity index (χ2n) is 2.76. The SMILES string of the molecule is COc1nc2c([nH]1)c(=O)[nH]c(=O)n2C. The van der Waals surface area contributed by atoms with Crippen molar-refractivity contribution in [2.45, 2.75) is 0 Å². The molecule has 14 heavy (non-hydrogen) atoms. The van der Waals surface area contributed by atoms with Gasteiger partial charge in [-0.2, -0.15) is 4.98 Å². The molecule has 0 saturated carbocycles. The number of rotatable bonds is 1. The number of nitrogens with zero attached hydrogens (tertiary/aromatic N) is 2. The topological polar surface area (TPSA) is 92.8 Å². The third-order valence-electron chi connectivity index (χ3n) is 1.93. The van der Waals surface area contributed by atoms with Gasteiger partial charge in [0.05, 0.1) is 7.11 Å². The highest BCUT2D eigenvalue weighted by Crippen LogP contribution is 2.08. The van der Waals surface area contributed by atoms with Crippen molar-refractivity contribution in [1.29, 1.82) is 0 Å². The van der Waals surface area contributed by atoms with E-state index in [1.54, 1.807) is 0 Å². The van der Waals surface area contributed by atoms with Gasteiger partial charge in [0, 0.05) is 7.05 Å². The number of aromatic nitrogens is 4. The molecular formula is C7H8N4O3. The van der Waals surface area contributed by atoms with E-state index in [-0.39, 0.29) is 17.2 Å². The van der Waals surface area contributed by atoms with Crippen molar-refractivity contribution in [3.05, 3.63) is 20.8 Å². The van der Waals surface area contributed by atoms with Gasteiger partial charge in [0.1, 0.15) is 0 Å². The Morgan fingerprint density at radius 3 is 2.71 bits per heavy atom. The van der Waals surface area contributed by atoms with Crippen molar-refractivity contribution in [1.82, 2.24) is 19.5 Å². The smallest absolute Gasteiger partial charge is 0.329 e. The molecule has 0 aliphatic carbocycles. The highest BCUT2D eigenvalue weighted by molar-refractivity contribution is 5.70. The largest absolute Gasteiger partial charge is 0.468 e. The molecule has 74 valence electrons. The van der Waals surface area contributed by atoms with E-state index in [9.17, 15) is 9.59 Å². The van der Waals surface area contributed by atoms with Gasteiger partial charge in [-0.15, -0.1) is 0 Å². The molecule has 0 bridgehead atoms. The van der Waals surface area contributed by atoms with Crippen LogP contribution in [0.4, 0.5) is 0 Å². The quantitative estimate of drug-likeness (QED) is 0.609. The Morgan fingerprint density at radius 2 is 2.07 bits per heavy atom. The summed E-state index contributed by atoms with van der Waals surface area (Å²) in [5, 5.41) is 0. The van der Waals surface area contributed by atoms with Crippen LogP contribution in [0, 0.1) is 0 Å². The van der Waals surface area contributed by atoms with Crippen LogP contribution in [0.25, 0.3) is 11.2 Å². The van der Waals surface area contributed by atoms with Crippen LogP contribution >= 0.6 is 0 Å². The van der Waals surface area contributed by atoms with Crippen molar-refractivity contribution in [2.24, 2.45) is 7.05 Å². The second kappa shape index (κ2) is 2.72. The Kier molecular flexibility index (Phi) is 1.66. The van der Waals surface area contributed by atoms with Gasteiger partial charge < -0.3 is 9.72 Å². The van der Waals surface area contributed by atoms with Gasteiger partial charge in [0.25, 0.3) is 11.6 Å². The highest BCUT2D eigenvalue weighted by Gasteiger charge is 2.09. The molecule has 0 saturated heterocycles. The molecule has 0 atom stereocenters. The fourth-order valence-electron chi connectivity index (χ4n) is 1.18. The number of imidazole rings is 1. The number of hydrogen-bond donors (Lipinski definition) is 2. The zero-order chi connectivity index (χ0) is 10.3. The molecule has 0 aliphatic heterocycles. The maximum Gasteiger partial charge on any atom is 0.329 e. The highest BCUT2D eigenvalue weighted by atomic mass is 16.5. The normalized spacial score (nSPS) is 10.7. The number of nitrogens with one attached hydrogen (secondary N) is 2. The Hall–Kier alpha value is -2.05. The van der Waals surface area contributed by atoms with E-state index in [4.69, 9.17) is 4.74 Å². The average Bonchev–Trinajstić information content (AvgIpc) is 2.58. The Balaban J connectivity index is 2.99. The standard InChI is InChI=1S/C7H8N4O3/c1-11-4-3(5(12)10-7(11)13)8-6(9-4)14-2/h1-2H3,(H,8,9)(H,10,12,13). The lowest BCUT2D eigenvalue weighted by atomic mass is 10.5. The zero-order valence-corrected chi connectivity index (χ0v) is 7.62. The first-order valence-electron chi connectivity index (χ1n) is 3.86. The summed E-state index contributed by atoms with van der Waals surface area (Å²) in [6.45, 7) is 0. The summed E-state index contributed by atoms with van der Waals surface area (Å²) < 4.78 is 6.05. The lowest BCUT2D eigenvalue weighted by Crippen LogP contribution is -2.28. The summed E-state index contributed by atoms with van der Waals surface area (Å²) in [5.41, 5.74) is -0.505. The van der Waals surface area contributed by atoms with E-state index in [2.05, 4.69) is 15.0 Å². The van der Waals surface area contributed by atoms with Gasteiger partial charge in [0.2, 0.25) is 0 Å². The van der Waals surface area contributed by atoms with Gasteiger partial charge in [0.15, 0.2) is 11.2 Å². The van der Waals surface area contributed by atoms with Gasteiger partial charge in [-0.1, -0.05) is 0 Å². The molecule has 7 heteroatoms. The van der Waals surface area contributed by atoms with Gasteiger partial charge in [-0.3, -0.25) is 14.3 Å². The fourth-order valence-corrected chi connectivity index (χ4v) is 1.18. The van der Waals surface area contributed by atoms with Crippen LogP contribution in [-0.4, -0.2) is 26.6 Å². The molecule has 0 spiro atoms. The van der Waals surface area contributed by atoms with E-state index in [1.807, 2.05) is 0 Å². The molecule has 0 radical (unpaired) electrons. The van der Waals surface area contributed by atoms with Gasteiger partial charge in [-0.05, 0) is 0 Å². The van der Waals surface area contributed by atoms with Crippen LogP contribution < -0.4 is 16.0 Å². The van der Waals surface area contributed by atoms with Crippen LogP contribution in [-0.2, 0) is 7.05 Å². The van der Waals surface area contributed by atoms with Crippen LogP contribution in [0.2, 0.25) is 0 Å². The van der Waals surface area contributed by atoms with Crippen LogP contribution in [0.15, 0.2) is 9.59 Å². The summed E-state index contributed by atoms with van der Waals surface area (Å²) in [6.07, 6.45) is 0. The minimum Gasteiger partial charge on any atom is -0.468 e. The number of fused-ring (bicyclic) bond motifs is 1. The predicted molar refractivity (Wildman–Crippen MR) is 48.5 cm³/mol. The van der Waals surface area contributed by atoms with E-state index >= 15 is 0 Å². The average molecular weight is 196 g/mol. The van der Waals surface area contributed by atoms with E-state index < -0.39 is 11.2 Å². The first kappa shape index (κ1) is 8.54. The number of H-pyrrole nitrogens is 2. The Labute approximate surface area is 77.4 Å². The van der Waals surface area contributed by atoms with Crippen molar-refractivity contribution >= 4 is 11.2 Å². The number of ether oxygens (including phenoxy) is 1. The Bertz CT molecular complexity index is 591. The Morgan fingerprint density at radius 1 is 1.36 bits per heavy atom. The number of aryl methyl sites for hydroxylation is 1. The zero-order valence-electron chi connectivity index (χ0n) is 7.62. The molecule has 0 aliphatic rings. The molecule has 0 amide bonds. The van der Waals surface area contributed by atoms with E-state index in [0.717, 1.165) is 0 Å². The van der Waals surface area contributed by atoms with Gasteiger partial charge >= 0.3 is 5.69 Å². The molecule has 2 heterocycles. The molecule has 7 nitrogen and oxygen atoms in total. The molecule has 0 unspecified atom stereocenters. The summed E-state index contributed by atoms with van der Waals surface area (Å²) in [5.74, 6) is 0. The summed E-state index contributed by atoms with van der Waals surface area (Å²) in [6, 6.07) is 0.201. The first-order chi connectivity index (χ1) is 6.63. The van der Waals surface area contributed by atoms with Crippen molar-refractivity contribution in [2.75, 3.05) is 7.11 Å². The van der Waals surface area contributed by atoms with Crippen LogP contribution in [0.5, 0.6) is 6.01 Å². The monoisotopic (exact) mass is 196 g/mol. The lowest BCUT2D eigenvalue weighted by molar-refractivity contribution is 0.385. The fraction of sp³-hybridized carbons (Fsp3) is 0.286. The molecule has 2 aromatic rings. The maximum absolute atomic E-state index is 11.3. The minimum absolute atomic E-state index is 0.201. The van der Waals surface area contributed by atoms with E-state index in [1.165, 1.54) is 18.7 Å². The van der Waals surface area contributed by atoms with Crippen LogP contribution in [0.3, 0.4) is 0 Å². The number of methoxy groups -OCH3 is 1. The summed E-state index contributed by atoms with van der Waals surface area (Å²) >= 11 is 0. The van der Waals surface area contributed by atoms with Crippen molar-refractivity contribution in [3.8, 4) is 6.01 Å². The number of hydrogen-bond acceptors (Lipinski definition) is 4. The predicted octanol–water partition coefficient (Wildman–Crippen LogP) is -1.04. The molecule has 0 aromatic carbocycles. The number of aromatic amines is 2. The lowest BCUT2D eigenvalue weighted by Gasteiger charge is -1.94. The van der Waals surface area contributed by atoms with Crippen LogP contribution in [0.1, 0.15) is 0 Å². The van der Waals surface area contributed by atoms with Crippen molar-refractivity contribution < 1.29 is 4.74 Å². The van der Waals surface area contributed by atoms with Crippen molar-refractivity contribution in [3.63, 3.8) is 0 Å². The second-order valence-corrected chi connectivity index (χ2v) is 2.76. The molecular weight excluding hydrogens is 188 g/mol. The third-order valence-corrected chi connectivity index (χ3v) is 1.93. The van der Waals surface area contributed by atoms with Gasteiger partial charge in [-0.25, -0.2) is 4.79 Å². The molecule has 2 aromatic heterocycles. The summed E-state index contributed by atoms with van der Waals surface area (Å²) in [4.78, 5) is 31.2.